The lowest BCUT2D eigenvalue weighted by Gasteiger charge is -2.11. The number of benzene rings is 2. The van der Waals surface area contributed by atoms with E-state index >= 15 is 0 Å². The van der Waals surface area contributed by atoms with Crippen LogP contribution in [0.2, 0.25) is 0 Å². The summed E-state index contributed by atoms with van der Waals surface area (Å²) in [5, 5.41) is 0.495. The Morgan fingerprint density at radius 2 is 1.74 bits per heavy atom. The number of ether oxygens (including phenoxy) is 1. The lowest BCUT2D eigenvalue weighted by molar-refractivity contribution is 0.0847. The predicted molar refractivity (Wildman–Crippen MR) is 99.0 cm³/mol. The second-order valence-electron chi connectivity index (χ2n) is 5.84. The number of hydrazine groups is 1. The van der Waals surface area contributed by atoms with Gasteiger partial charge in [-0.1, -0.05) is 0 Å². The largest absolute Gasteiger partial charge is 0.494 e. The van der Waals surface area contributed by atoms with E-state index in [0.717, 1.165) is 0 Å². The van der Waals surface area contributed by atoms with E-state index in [2.05, 4.69) is 15.8 Å². The predicted octanol–water partition coefficient (Wildman–Crippen LogP) is 3.16. The summed E-state index contributed by atoms with van der Waals surface area (Å²) in [6.07, 6.45) is 0. The third-order valence-electron chi connectivity index (χ3n) is 3.86. The van der Waals surface area contributed by atoms with E-state index in [0.29, 0.717) is 40.1 Å². The molecule has 1 aromatic heterocycles. The fourth-order valence-corrected chi connectivity index (χ4v) is 2.64. The zero-order valence-corrected chi connectivity index (χ0v) is 14.9. The Hall–Kier alpha value is -3.48. The van der Waals surface area contributed by atoms with Crippen molar-refractivity contribution < 1.29 is 18.7 Å². The van der Waals surface area contributed by atoms with Gasteiger partial charge in [0.2, 0.25) is 0 Å². The van der Waals surface area contributed by atoms with E-state index in [1.54, 1.807) is 37.3 Å². The van der Waals surface area contributed by atoms with Crippen LogP contribution in [0.3, 0.4) is 0 Å². The summed E-state index contributed by atoms with van der Waals surface area (Å²) in [6, 6.07) is 12.1. The number of amides is 2. The standard InChI is InChI=1S/C20H18FN3O3/c1-3-27-15-7-4-13(5-8-15)19(25)23-24-20(26)17-10-12(2)22-18-11-14(21)6-9-16(17)18/h4-11H,3H2,1-2H3,(H,23,25)(H,24,26). The zero-order valence-electron chi connectivity index (χ0n) is 14.9. The quantitative estimate of drug-likeness (QED) is 0.694. The molecule has 3 rings (SSSR count). The summed E-state index contributed by atoms with van der Waals surface area (Å²) in [6.45, 7) is 4.11. The molecule has 0 aliphatic carbocycles. The van der Waals surface area contributed by atoms with Gasteiger partial charge in [0, 0.05) is 22.7 Å². The van der Waals surface area contributed by atoms with Gasteiger partial charge < -0.3 is 4.74 Å². The summed E-state index contributed by atoms with van der Waals surface area (Å²) in [7, 11) is 0. The number of nitrogens with one attached hydrogen (secondary N) is 2. The second-order valence-corrected chi connectivity index (χ2v) is 5.84. The molecule has 27 heavy (non-hydrogen) atoms. The van der Waals surface area contributed by atoms with Gasteiger partial charge in [0.1, 0.15) is 11.6 Å². The van der Waals surface area contributed by atoms with Crippen LogP contribution in [0, 0.1) is 12.7 Å². The van der Waals surface area contributed by atoms with Crippen molar-refractivity contribution in [2.24, 2.45) is 0 Å². The van der Waals surface area contributed by atoms with Crippen LogP contribution in [0.1, 0.15) is 33.3 Å². The Balaban J connectivity index is 1.74. The smallest absolute Gasteiger partial charge is 0.270 e. The zero-order chi connectivity index (χ0) is 19.4. The van der Waals surface area contributed by atoms with E-state index in [4.69, 9.17) is 4.74 Å². The van der Waals surface area contributed by atoms with Crippen LogP contribution in [0.4, 0.5) is 4.39 Å². The number of aryl methyl sites for hydroxylation is 1. The maximum atomic E-state index is 13.4. The molecule has 0 saturated carbocycles. The molecule has 0 aliphatic heterocycles. The molecule has 2 aromatic carbocycles. The molecule has 7 heteroatoms. The van der Waals surface area contributed by atoms with Crippen molar-refractivity contribution in [3.05, 3.63) is 71.2 Å². The Kier molecular flexibility index (Phi) is 5.30. The Morgan fingerprint density at radius 1 is 1.04 bits per heavy atom. The molecule has 1 heterocycles. The first kappa shape index (κ1) is 18.3. The minimum Gasteiger partial charge on any atom is -0.494 e. The summed E-state index contributed by atoms with van der Waals surface area (Å²) in [4.78, 5) is 28.9. The number of rotatable bonds is 4. The molecule has 138 valence electrons. The topological polar surface area (TPSA) is 80.3 Å². The number of hydrogen-bond acceptors (Lipinski definition) is 4. The first-order valence-electron chi connectivity index (χ1n) is 8.38. The number of halogens is 1. The second kappa shape index (κ2) is 7.82. The summed E-state index contributed by atoms with van der Waals surface area (Å²) >= 11 is 0. The fraction of sp³-hybridized carbons (Fsp3) is 0.150. The summed E-state index contributed by atoms with van der Waals surface area (Å²) < 4.78 is 18.7. The van der Waals surface area contributed by atoms with Crippen molar-refractivity contribution in [2.75, 3.05) is 6.61 Å². The van der Waals surface area contributed by atoms with E-state index in [1.807, 2.05) is 6.92 Å². The van der Waals surface area contributed by atoms with E-state index in [-0.39, 0.29) is 0 Å². The number of nitrogens with zero attached hydrogens (tertiary/aromatic N) is 1. The van der Waals surface area contributed by atoms with Gasteiger partial charge in [0.15, 0.2) is 0 Å². The van der Waals surface area contributed by atoms with E-state index in [9.17, 15) is 14.0 Å². The van der Waals surface area contributed by atoms with Crippen molar-refractivity contribution >= 4 is 22.7 Å². The van der Waals surface area contributed by atoms with Crippen LogP contribution in [0.25, 0.3) is 10.9 Å². The first-order valence-corrected chi connectivity index (χ1v) is 8.38. The van der Waals surface area contributed by atoms with E-state index < -0.39 is 17.6 Å². The fourth-order valence-electron chi connectivity index (χ4n) is 2.64. The van der Waals surface area contributed by atoms with Gasteiger partial charge >= 0.3 is 0 Å². The molecular formula is C20H18FN3O3. The van der Waals surface area contributed by atoms with Crippen LogP contribution in [0.15, 0.2) is 48.5 Å². The normalized spacial score (nSPS) is 10.5. The molecule has 2 amide bonds. The third kappa shape index (κ3) is 4.20. The molecule has 0 spiro atoms. The van der Waals surface area contributed by atoms with Gasteiger partial charge in [0.25, 0.3) is 11.8 Å². The molecule has 0 aliphatic rings. The van der Waals surface area contributed by atoms with Crippen molar-refractivity contribution in [1.29, 1.82) is 0 Å². The van der Waals surface area contributed by atoms with Crippen LogP contribution in [-0.2, 0) is 0 Å². The molecule has 2 N–H and O–H groups in total. The van der Waals surface area contributed by atoms with Gasteiger partial charge in [-0.15, -0.1) is 0 Å². The van der Waals surface area contributed by atoms with Gasteiger partial charge in [0.05, 0.1) is 17.7 Å². The number of carbonyl (C=O) groups excluding carboxylic acids is 2. The molecule has 0 bridgehead atoms. The molecule has 6 nitrogen and oxygen atoms in total. The average molecular weight is 367 g/mol. The molecule has 0 radical (unpaired) electrons. The number of hydrogen-bond donors (Lipinski definition) is 2. The highest BCUT2D eigenvalue weighted by Crippen LogP contribution is 2.19. The number of fused-ring (bicyclic) bond motifs is 1. The molecule has 0 saturated heterocycles. The monoisotopic (exact) mass is 367 g/mol. The van der Waals surface area contributed by atoms with Crippen LogP contribution < -0.4 is 15.6 Å². The SMILES string of the molecule is CCOc1ccc(C(=O)NNC(=O)c2cc(C)nc3cc(F)ccc23)cc1. The van der Waals surface area contributed by atoms with Crippen LogP contribution >= 0.6 is 0 Å². The Labute approximate surface area is 155 Å². The Bertz CT molecular complexity index is 998. The number of pyridine rings is 1. The first-order chi connectivity index (χ1) is 13.0. The van der Waals surface area contributed by atoms with Crippen molar-refractivity contribution in [1.82, 2.24) is 15.8 Å². The Morgan fingerprint density at radius 3 is 2.44 bits per heavy atom. The van der Waals surface area contributed by atoms with Crippen molar-refractivity contribution in [3.63, 3.8) is 0 Å². The molecular weight excluding hydrogens is 349 g/mol. The summed E-state index contributed by atoms with van der Waals surface area (Å²) in [5.41, 5.74) is 6.36. The van der Waals surface area contributed by atoms with Crippen LogP contribution in [-0.4, -0.2) is 23.4 Å². The lowest BCUT2D eigenvalue weighted by Crippen LogP contribution is -2.41. The highest BCUT2D eigenvalue weighted by molar-refractivity contribution is 6.07. The van der Waals surface area contributed by atoms with Crippen LogP contribution in [0.5, 0.6) is 5.75 Å². The average Bonchev–Trinajstić information content (AvgIpc) is 2.65. The van der Waals surface area contributed by atoms with Gasteiger partial charge in [-0.05, 0) is 56.3 Å². The highest BCUT2D eigenvalue weighted by Gasteiger charge is 2.14. The third-order valence-corrected chi connectivity index (χ3v) is 3.86. The van der Waals surface area contributed by atoms with Crippen molar-refractivity contribution in [3.8, 4) is 5.75 Å². The minimum atomic E-state index is -0.517. The maximum absolute atomic E-state index is 13.4. The molecule has 0 unspecified atom stereocenters. The maximum Gasteiger partial charge on any atom is 0.270 e. The molecule has 0 fully saturated rings. The summed E-state index contributed by atoms with van der Waals surface area (Å²) in [5.74, 6) is -0.760. The lowest BCUT2D eigenvalue weighted by atomic mass is 10.1. The van der Waals surface area contributed by atoms with E-state index in [1.165, 1.54) is 18.2 Å². The highest BCUT2D eigenvalue weighted by atomic mass is 19.1. The molecule has 0 atom stereocenters. The number of carbonyl (C=O) groups is 2. The van der Waals surface area contributed by atoms with Gasteiger partial charge in [-0.2, -0.15) is 0 Å². The molecule has 3 aromatic rings. The number of aromatic nitrogens is 1. The minimum absolute atomic E-state index is 0.296. The van der Waals surface area contributed by atoms with Gasteiger partial charge in [-0.25, -0.2) is 4.39 Å². The van der Waals surface area contributed by atoms with Gasteiger partial charge in [-0.3, -0.25) is 25.4 Å². The van der Waals surface area contributed by atoms with Crippen molar-refractivity contribution in [2.45, 2.75) is 13.8 Å².